The monoisotopic (exact) mass is 405 g/mol. The topological polar surface area (TPSA) is 70.7 Å². The quantitative estimate of drug-likeness (QED) is 0.804. The third-order valence-corrected chi connectivity index (χ3v) is 6.82. The van der Waals surface area contributed by atoms with Gasteiger partial charge >= 0.3 is 0 Å². The van der Waals surface area contributed by atoms with E-state index < -0.39 is 0 Å². The summed E-state index contributed by atoms with van der Waals surface area (Å²) in [6, 6.07) is 6.10. The number of carbonyl (C=O) groups excluding carboxylic acids is 2. The molecule has 4 atom stereocenters. The van der Waals surface area contributed by atoms with Crippen molar-refractivity contribution in [3.8, 4) is 5.75 Å². The summed E-state index contributed by atoms with van der Waals surface area (Å²) >= 11 is 0. The number of fused-ring (bicyclic) bond motifs is 5. The van der Waals surface area contributed by atoms with Crippen LogP contribution in [0.4, 0.5) is 0 Å². The minimum Gasteiger partial charge on any atom is -0.493 e. The van der Waals surface area contributed by atoms with Crippen LogP contribution in [0.2, 0.25) is 0 Å². The molecule has 1 aromatic rings. The molecule has 4 aliphatic rings. The molecular weight excluding hydrogens is 378 g/mol. The van der Waals surface area contributed by atoms with Gasteiger partial charge in [0.05, 0.1) is 12.6 Å². The minimum atomic E-state index is -0.0587. The van der Waals surface area contributed by atoms with Crippen molar-refractivity contribution < 1.29 is 14.3 Å². The molecule has 1 aromatic carbocycles. The van der Waals surface area contributed by atoms with Crippen LogP contribution in [0.1, 0.15) is 41.6 Å². The smallest absolute Gasteiger partial charge is 0.251 e. The van der Waals surface area contributed by atoms with Gasteiger partial charge in [-0.15, -0.1) is 12.4 Å². The summed E-state index contributed by atoms with van der Waals surface area (Å²) in [5.74, 6) is 2.10. The van der Waals surface area contributed by atoms with Gasteiger partial charge in [-0.2, -0.15) is 0 Å². The van der Waals surface area contributed by atoms with Crippen molar-refractivity contribution in [1.82, 2.24) is 15.5 Å². The van der Waals surface area contributed by atoms with Crippen molar-refractivity contribution in [3.05, 3.63) is 29.3 Å². The highest BCUT2D eigenvalue weighted by atomic mass is 35.5. The zero-order chi connectivity index (χ0) is 18.4. The van der Waals surface area contributed by atoms with E-state index in [2.05, 4.69) is 15.5 Å². The van der Waals surface area contributed by atoms with Crippen molar-refractivity contribution in [3.63, 3.8) is 0 Å². The molecular formula is C21H28ClN3O3. The summed E-state index contributed by atoms with van der Waals surface area (Å²) in [7, 11) is 0. The van der Waals surface area contributed by atoms with Crippen LogP contribution in [0.5, 0.6) is 5.75 Å². The molecule has 28 heavy (non-hydrogen) atoms. The van der Waals surface area contributed by atoms with E-state index in [4.69, 9.17) is 4.74 Å². The van der Waals surface area contributed by atoms with Gasteiger partial charge in [0, 0.05) is 37.5 Å². The zero-order valence-electron chi connectivity index (χ0n) is 16.0. The average Bonchev–Trinajstić information content (AvgIpc) is 3.16. The maximum Gasteiger partial charge on any atom is 0.251 e. The van der Waals surface area contributed by atoms with E-state index in [9.17, 15) is 9.59 Å². The van der Waals surface area contributed by atoms with Gasteiger partial charge in [0.15, 0.2) is 0 Å². The van der Waals surface area contributed by atoms with Crippen LogP contribution >= 0.6 is 12.4 Å². The molecule has 4 heterocycles. The lowest BCUT2D eigenvalue weighted by Crippen LogP contribution is -2.66. The molecule has 2 N–H and O–H groups in total. The van der Waals surface area contributed by atoms with Crippen molar-refractivity contribution >= 4 is 24.2 Å². The van der Waals surface area contributed by atoms with Gasteiger partial charge in [0.2, 0.25) is 5.91 Å². The van der Waals surface area contributed by atoms with E-state index in [0.29, 0.717) is 43.0 Å². The van der Waals surface area contributed by atoms with E-state index >= 15 is 0 Å². The lowest BCUT2D eigenvalue weighted by atomic mass is 9.72. The van der Waals surface area contributed by atoms with Crippen molar-refractivity contribution in [2.75, 3.05) is 26.2 Å². The van der Waals surface area contributed by atoms with E-state index in [-0.39, 0.29) is 30.3 Å². The fourth-order valence-corrected chi connectivity index (χ4v) is 5.52. The third-order valence-electron chi connectivity index (χ3n) is 6.82. The summed E-state index contributed by atoms with van der Waals surface area (Å²) in [4.78, 5) is 27.6. The number of benzene rings is 1. The molecule has 0 unspecified atom stereocenters. The lowest BCUT2D eigenvalue weighted by Gasteiger charge is -2.54. The molecule has 5 rings (SSSR count). The Hall–Kier alpha value is -1.79. The Morgan fingerprint density at radius 1 is 1.25 bits per heavy atom. The fraction of sp³-hybridized carbons (Fsp3) is 0.619. The number of rotatable bonds is 3. The van der Waals surface area contributed by atoms with E-state index in [1.54, 1.807) is 0 Å². The van der Waals surface area contributed by atoms with Gasteiger partial charge in [-0.25, -0.2) is 0 Å². The summed E-state index contributed by atoms with van der Waals surface area (Å²) in [6.07, 6.45) is 4.77. The third kappa shape index (κ3) is 3.37. The first-order valence-corrected chi connectivity index (χ1v) is 10.3. The fourth-order valence-electron chi connectivity index (χ4n) is 5.52. The van der Waals surface area contributed by atoms with Gasteiger partial charge < -0.3 is 20.3 Å². The summed E-state index contributed by atoms with van der Waals surface area (Å²) in [5, 5.41) is 6.66. The number of carbonyl (C=O) groups is 2. The number of nitrogens with zero attached hydrogens (tertiary/aromatic N) is 1. The molecule has 0 spiro atoms. The molecule has 2 amide bonds. The highest BCUT2D eigenvalue weighted by molar-refractivity contribution is 5.94. The van der Waals surface area contributed by atoms with Crippen LogP contribution in [0.25, 0.3) is 0 Å². The van der Waals surface area contributed by atoms with Crippen LogP contribution in [0, 0.1) is 11.8 Å². The Labute approximate surface area is 171 Å². The zero-order valence-corrected chi connectivity index (χ0v) is 16.8. The highest BCUT2D eigenvalue weighted by Crippen LogP contribution is 2.39. The van der Waals surface area contributed by atoms with Crippen LogP contribution in [-0.4, -0.2) is 55.0 Å². The molecule has 4 aliphatic heterocycles. The van der Waals surface area contributed by atoms with Crippen LogP contribution in [0.15, 0.2) is 18.2 Å². The second-order valence-electron chi connectivity index (χ2n) is 8.37. The predicted molar refractivity (Wildman–Crippen MR) is 108 cm³/mol. The Balaban J connectivity index is 0.00000192. The number of amides is 2. The van der Waals surface area contributed by atoms with Crippen LogP contribution in [0.3, 0.4) is 0 Å². The van der Waals surface area contributed by atoms with Gasteiger partial charge in [-0.3, -0.25) is 9.59 Å². The van der Waals surface area contributed by atoms with Crippen LogP contribution < -0.4 is 15.4 Å². The average molecular weight is 406 g/mol. The number of nitrogens with one attached hydrogen (secondary N) is 2. The Bertz CT molecular complexity index is 771. The molecule has 0 aliphatic carbocycles. The Morgan fingerprint density at radius 3 is 3.00 bits per heavy atom. The standard InChI is InChI=1S/C21H27N3O3.ClH/c25-20-3-1-2-17-15-9-16(11-22-10-15)18(24(17)20)12-23-21(26)14-4-5-19-13(8-14)6-7-27-19;/h4-5,8,15-18,22H,1-3,6-7,9-12H2,(H,23,26);1H/t15-,16+,17+,18+;/m1./s1. The second-order valence-corrected chi connectivity index (χ2v) is 8.37. The van der Waals surface area contributed by atoms with Gasteiger partial charge in [0.25, 0.3) is 5.91 Å². The SMILES string of the molecule is Cl.O=C(NC[C@H]1[C@@H]2CNC[C@@H](C2)[C@@H]2CCCC(=O)N21)c1ccc2c(c1)CCO2. The maximum absolute atomic E-state index is 12.7. The Morgan fingerprint density at radius 2 is 2.11 bits per heavy atom. The van der Waals surface area contributed by atoms with Crippen molar-refractivity contribution in [2.45, 2.75) is 44.2 Å². The lowest BCUT2D eigenvalue weighted by molar-refractivity contribution is -0.148. The first-order valence-electron chi connectivity index (χ1n) is 10.3. The normalized spacial score (nSPS) is 30.6. The number of piperidine rings is 3. The second kappa shape index (κ2) is 7.91. The van der Waals surface area contributed by atoms with E-state index in [1.165, 1.54) is 0 Å². The molecule has 0 saturated carbocycles. The largest absolute Gasteiger partial charge is 0.493 e. The molecule has 2 bridgehead atoms. The molecule has 0 aromatic heterocycles. The predicted octanol–water partition coefficient (Wildman–Crippen LogP) is 1.76. The van der Waals surface area contributed by atoms with Gasteiger partial charge in [-0.05, 0) is 61.4 Å². The summed E-state index contributed by atoms with van der Waals surface area (Å²) in [5.41, 5.74) is 1.78. The van der Waals surface area contributed by atoms with Gasteiger partial charge in [-0.1, -0.05) is 0 Å². The molecule has 3 saturated heterocycles. The minimum absolute atomic E-state index is 0. The summed E-state index contributed by atoms with van der Waals surface area (Å²) < 4.78 is 5.52. The number of halogens is 1. The maximum atomic E-state index is 12.7. The van der Waals surface area contributed by atoms with Crippen LogP contribution in [-0.2, 0) is 11.2 Å². The molecule has 3 fully saturated rings. The molecule has 152 valence electrons. The van der Waals surface area contributed by atoms with E-state index in [0.717, 1.165) is 50.1 Å². The highest BCUT2D eigenvalue weighted by Gasteiger charge is 2.47. The molecule has 7 heteroatoms. The van der Waals surface area contributed by atoms with E-state index in [1.807, 2.05) is 18.2 Å². The van der Waals surface area contributed by atoms with Gasteiger partial charge in [0.1, 0.15) is 5.75 Å². The van der Waals surface area contributed by atoms with Crippen molar-refractivity contribution in [1.29, 1.82) is 0 Å². The summed E-state index contributed by atoms with van der Waals surface area (Å²) in [6.45, 7) is 3.18. The first kappa shape index (κ1) is 19.5. The first-order chi connectivity index (χ1) is 13.2. The number of hydrogen-bond acceptors (Lipinski definition) is 4. The molecule has 6 nitrogen and oxygen atoms in total. The Kier molecular flexibility index (Phi) is 5.52. The number of ether oxygens (including phenoxy) is 1. The number of hydrogen-bond donors (Lipinski definition) is 2. The molecule has 0 radical (unpaired) electrons. The van der Waals surface area contributed by atoms with Crippen molar-refractivity contribution in [2.24, 2.45) is 11.8 Å².